The number of pyridine rings is 1. The van der Waals surface area contributed by atoms with E-state index in [9.17, 15) is 4.39 Å². The standard InChI is InChI=1S/C15H14FN3O/c1-10-2-5-15(14(8-18)19-10)20-9-12-4-3-11(7-17)6-13(12)16/h2-6H,8-9,18H2,1H3. The molecule has 102 valence electrons. The average molecular weight is 271 g/mol. The number of nitrogens with zero attached hydrogens (tertiary/aromatic N) is 2. The molecule has 0 fully saturated rings. The Bertz CT molecular complexity index is 665. The van der Waals surface area contributed by atoms with Gasteiger partial charge in [0.2, 0.25) is 0 Å². The van der Waals surface area contributed by atoms with Gasteiger partial charge in [-0.05, 0) is 31.2 Å². The summed E-state index contributed by atoms with van der Waals surface area (Å²) in [7, 11) is 0. The molecule has 0 saturated carbocycles. The molecule has 1 heterocycles. The van der Waals surface area contributed by atoms with Crippen molar-refractivity contribution in [3.63, 3.8) is 0 Å². The third kappa shape index (κ3) is 3.11. The van der Waals surface area contributed by atoms with Crippen LogP contribution >= 0.6 is 0 Å². The average Bonchev–Trinajstić information content (AvgIpc) is 2.46. The van der Waals surface area contributed by atoms with Gasteiger partial charge in [0.05, 0.1) is 17.3 Å². The molecule has 0 amide bonds. The fraction of sp³-hybridized carbons (Fsp3) is 0.200. The molecule has 0 saturated heterocycles. The molecule has 1 aromatic heterocycles. The molecule has 0 atom stereocenters. The van der Waals surface area contributed by atoms with E-state index in [0.29, 0.717) is 17.0 Å². The van der Waals surface area contributed by atoms with Gasteiger partial charge in [-0.1, -0.05) is 6.07 Å². The van der Waals surface area contributed by atoms with Crippen LogP contribution in [0.3, 0.4) is 0 Å². The summed E-state index contributed by atoms with van der Waals surface area (Å²) < 4.78 is 19.3. The lowest BCUT2D eigenvalue weighted by molar-refractivity contribution is 0.295. The fourth-order valence-corrected chi connectivity index (χ4v) is 1.76. The van der Waals surface area contributed by atoms with Crippen molar-refractivity contribution in [3.05, 3.63) is 58.7 Å². The van der Waals surface area contributed by atoms with Crippen LogP contribution < -0.4 is 10.5 Å². The van der Waals surface area contributed by atoms with Gasteiger partial charge in [0, 0.05) is 17.8 Å². The van der Waals surface area contributed by atoms with Crippen molar-refractivity contribution in [1.29, 1.82) is 5.26 Å². The molecule has 0 spiro atoms. The summed E-state index contributed by atoms with van der Waals surface area (Å²) in [5.74, 6) is 0.0836. The zero-order valence-corrected chi connectivity index (χ0v) is 11.1. The highest BCUT2D eigenvalue weighted by Gasteiger charge is 2.08. The van der Waals surface area contributed by atoms with Gasteiger partial charge in [-0.25, -0.2) is 4.39 Å². The number of nitriles is 1. The Kier molecular flexibility index (Phi) is 4.28. The van der Waals surface area contributed by atoms with E-state index in [4.69, 9.17) is 15.7 Å². The molecule has 0 radical (unpaired) electrons. The van der Waals surface area contributed by atoms with Gasteiger partial charge >= 0.3 is 0 Å². The number of hydrogen-bond donors (Lipinski definition) is 1. The Balaban J connectivity index is 2.15. The lowest BCUT2D eigenvalue weighted by Gasteiger charge is -2.11. The smallest absolute Gasteiger partial charge is 0.142 e. The highest BCUT2D eigenvalue weighted by atomic mass is 19.1. The van der Waals surface area contributed by atoms with Gasteiger partial charge in [0.25, 0.3) is 0 Å². The van der Waals surface area contributed by atoms with E-state index in [1.54, 1.807) is 12.1 Å². The van der Waals surface area contributed by atoms with Crippen LogP contribution in [0.5, 0.6) is 5.75 Å². The number of rotatable bonds is 4. The van der Waals surface area contributed by atoms with Crippen LogP contribution in [0, 0.1) is 24.1 Å². The number of aryl methyl sites for hydroxylation is 1. The maximum Gasteiger partial charge on any atom is 0.142 e. The van der Waals surface area contributed by atoms with Crippen LogP contribution in [-0.4, -0.2) is 4.98 Å². The Labute approximate surface area is 116 Å². The van der Waals surface area contributed by atoms with Gasteiger partial charge in [0.15, 0.2) is 0 Å². The van der Waals surface area contributed by atoms with Crippen LogP contribution in [0.1, 0.15) is 22.5 Å². The first kappa shape index (κ1) is 14.0. The molecular formula is C15H14FN3O. The molecule has 2 aromatic rings. The van der Waals surface area contributed by atoms with Crippen molar-refractivity contribution in [1.82, 2.24) is 4.98 Å². The molecule has 0 aliphatic heterocycles. The van der Waals surface area contributed by atoms with Gasteiger partial charge < -0.3 is 10.5 Å². The van der Waals surface area contributed by atoms with Gasteiger partial charge in [-0.2, -0.15) is 5.26 Å². The summed E-state index contributed by atoms with van der Waals surface area (Å²) in [5, 5.41) is 8.69. The van der Waals surface area contributed by atoms with Gasteiger partial charge in [0.1, 0.15) is 18.2 Å². The lowest BCUT2D eigenvalue weighted by Crippen LogP contribution is -2.06. The number of nitrogens with two attached hydrogens (primary N) is 1. The quantitative estimate of drug-likeness (QED) is 0.927. The van der Waals surface area contributed by atoms with Crippen molar-refractivity contribution in [2.24, 2.45) is 5.73 Å². The normalized spacial score (nSPS) is 10.1. The molecule has 0 aliphatic rings. The van der Waals surface area contributed by atoms with E-state index >= 15 is 0 Å². The molecule has 20 heavy (non-hydrogen) atoms. The lowest BCUT2D eigenvalue weighted by atomic mass is 10.1. The highest BCUT2D eigenvalue weighted by Crippen LogP contribution is 2.19. The molecule has 5 heteroatoms. The zero-order chi connectivity index (χ0) is 14.5. The summed E-state index contributed by atoms with van der Waals surface area (Å²) in [5.41, 5.74) is 7.76. The summed E-state index contributed by atoms with van der Waals surface area (Å²) in [4.78, 5) is 4.27. The largest absolute Gasteiger partial charge is 0.487 e. The molecule has 1 aromatic carbocycles. The van der Waals surface area contributed by atoms with E-state index in [1.165, 1.54) is 12.1 Å². The minimum absolute atomic E-state index is 0.0648. The van der Waals surface area contributed by atoms with Crippen molar-refractivity contribution in [3.8, 4) is 11.8 Å². The van der Waals surface area contributed by atoms with Crippen LogP contribution in [0.25, 0.3) is 0 Å². The molecule has 0 aliphatic carbocycles. The predicted octanol–water partition coefficient (Wildman–Crippen LogP) is 2.44. The first-order valence-electron chi connectivity index (χ1n) is 6.12. The molecule has 4 nitrogen and oxygen atoms in total. The maximum atomic E-state index is 13.7. The minimum atomic E-state index is -0.460. The first-order valence-corrected chi connectivity index (χ1v) is 6.12. The van der Waals surface area contributed by atoms with E-state index in [-0.39, 0.29) is 18.7 Å². The summed E-state index contributed by atoms with van der Waals surface area (Å²) in [6.07, 6.45) is 0. The van der Waals surface area contributed by atoms with Gasteiger partial charge in [-0.15, -0.1) is 0 Å². The maximum absolute atomic E-state index is 13.7. The van der Waals surface area contributed by atoms with E-state index < -0.39 is 5.82 Å². The molecule has 2 N–H and O–H groups in total. The van der Waals surface area contributed by atoms with Crippen LogP contribution in [0.2, 0.25) is 0 Å². The topological polar surface area (TPSA) is 71.9 Å². The number of ether oxygens (including phenoxy) is 1. The molecule has 2 rings (SSSR count). The Morgan fingerprint density at radius 3 is 2.80 bits per heavy atom. The number of hydrogen-bond acceptors (Lipinski definition) is 4. The van der Waals surface area contributed by atoms with E-state index in [0.717, 1.165) is 5.69 Å². The van der Waals surface area contributed by atoms with Crippen molar-refractivity contribution in [2.75, 3.05) is 0 Å². The Morgan fingerprint density at radius 2 is 2.15 bits per heavy atom. The summed E-state index contributed by atoms with van der Waals surface area (Å²) in [6, 6.07) is 9.75. The van der Waals surface area contributed by atoms with Crippen molar-refractivity contribution in [2.45, 2.75) is 20.1 Å². The third-order valence-electron chi connectivity index (χ3n) is 2.83. The summed E-state index contributed by atoms with van der Waals surface area (Å²) in [6.45, 7) is 2.19. The Morgan fingerprint density at radius 1 is 1.35 bits per heavy atom. The number of aromatic nitrogens is 1. The third-order valence-corrected chi connectivity index (χ3v) is 2.83. The number of benzene rings is 1. The SMILES string of the molecule is Cc1ccc(OCc2ccc(C#N)cc2F)c(CN)n1. The zero-order valence-electron chi connectivity index (χ0n) is 11.1. The second-order valence-electron chi connectivity index (χ2n) is 4.31. The van der Waals surface area contributed by atoms with E-state index in [1.807, 2.05) is 19.1 Å². The molecule has 0 unspecified atom stereocenters. The Hall–Kier alpha value is -2.45. The van der Waals surface area contributed by atoms with Crippen molar-refractivity contribution >= 4 is 0 Å². The monoisotopic (exact) mass is 271 g/mol. The second kappa shape index (κ2) is 6.13. The first-order chi connectivity index (χ1) is 9.63. The second-order valence-corrected chi connectivity index (χ2v) is 4.31. The number of halogens is 1. The molecular weight excluding hydrogens is 257 g/mol. The minimum Gasteiger partial charge on any atom is -0.487 e. The van der Waals surface area contributed by atoms with E-state index in [2.05, 4.69) is 4.98 Å². The van der Waals surface area contributed by atoms with Crippen LogP contribution in [0.15, 0.2) is 30.3 Å². The summed E-state index contributed by atoms with van der Waals surface area (Å²) >= 11 is 0. The van der Waals surface area contributed by atoms with Gasteiger partial charge in [-0.3, -0.25) is 4.98 Å². The highest BCUT2D eigenvalue weighted by molar-refractivity contribution is 5.33. The van der Waals surface area contributed by atoms with Crippen LogP contribution in [0.4, 0.5) is 4.39 Å². The van der Waals surface area contributed by atoms with Crippen molar-refractivity contribution < 1.29 is 9.13 Å². The molecule has 0 bridgehead atoms. The predicted molar refractivity (Wildman–Crippen MR) is 72.3 cm³/mol. The van der Waals surface area contributed by atoms with Crippen LogP contribution in [-0.2, 0) is 13.2 Å². The fourth-order valence-electron chi connectivity index (χ4n) is 1.76.